The van der Waals surface area contributed by atoms with Gasteiger partial charge in [0, 0.05) is 18.2 Å². The average molecular weight is 326 g/mol. The summed E-state index contributed by atoms with van der Waals surface area (Å²) in [7, 11) is 1.88. The molecule has 0 aliphatic heterocycles. The highest BCUT2D eigenvalue weighted by Gasteiger charge is 2.23. The summed E-state index contributed by atoms with van der Waals surface area (Å²) in [5.74, 6) is -1.52. The predicted octanol–water partition coefficient (Wildman–Crippen LogP) is 0.621. The minimum absolute atomic E-state index is 0.173. The number of carbonyl (C=O) groups excluding carboxylic acids is 3. The standard InChI is InChI=1S/C16H24NO6/c1-5-14(18)21-11-8-17(4,9-12-22-15(19)6-2)10-13-23-16(20)7-3/h5-7H,1-3,8-13H2,4H3/q+1. The Morgan fingerprint density at radius 3 is 1.22 bits per heavy atom. The van der Waals surface area contributed by atoms with Crippen LogP contribution in [0.3, 0.4) is 0 Å². The van der Waals surface area contributed by atoms with Crippen molar-refractivity contribution in [2.45, 2.75) is 0 Å². The van der Waals surface area contributed by atoms with Crippen LogP contribution in [0.25, 0.3) is 0 Å². The second-order valence-corrected chi connectivity index (χ2v) is 4.91. The molecule has 0 atom stereocenters. The van der Waals surface area contributed by atoms with Gasteiger partial charge in [-0.2, -0.15) is 0 Å². The molecule has 0 fully saturated rings. The van der Waals surface area contributed by atoms with Crippen molar-refractivity contribution in [1.29, 1.82) is 0 Å². The van der Waals surface area contributed by atoms with Gasteiger partial charge in [0.1, 0.15) is 39.5 Å². The van der Waals surface area contributed by atoms with Gasteiger partial charge < -0.3 is 18.7 Å². The van der Waals surface area contributed by atoms with E-state index in [0.29, 0.717) is 24.1 Å². The molecule has 0 spiro atoms. The summed E-state index contributed by atoms with van der Waals surface area (Å²) in [6.07, 6.45) is 3.26. The highest BCUT2D eigenvalue weighted by molar-refractivity contribution is 5.81. The van der Waals surface area contributed by atoms with Gasteiger partial charge in [0.25, 0.3) is 0 Å². The summed E-state index contributed by atoms with van der Waals surface area (Å²) >= 11 is 0. The number of quaternary nitrogens is 1. The molecule has 0 radical (unpaired) electrons. The van der Waals surface area contributed by atoms with Gasteiger partial charge in [-0.15, -0.1) is 0 Å². The number of nitrogens with zero attached hydrogens (tertiary/aromatic N) is 1. The van der Waals surface area contributed by atoms with E-state index in [4.69, 9.17) is 14.2 Å². The SMILES string of the molecule is C=CC(=O)OCC[N+](C)(CCOC(=O)C=C)CCOC(=O)C=C. The zero-order valence-electron chi connectivity index (χ0n) is 13.5. The van der Waals surface area contributed by atoms with Gasteiger partial charge in [0.05, 0.1) is 7.05 Å². The summed E-state index contributed by atoms with van der Waals surface area (Å²) < 4.78 is 15.3. The number of hydrogen-bond acceptors (Lipinski definition) is 6. The molecule has 0 aromatic heterocycles. The lowest BCUT2D eigenvalue weighted by Gasteiger charge is -2.33. The summed E-state index contributed by atoms with van der Waals surface area (Å²) in [4.78, 5) is 33.2. The Balaban J connectivity index is 4.47. The van der Waals surface area contributed by atoms with Gasteiger partial charge in [-0.05, 0) is 0 Å². The minimum Gasteiger partial charge on any atom is -0.457 e. The van der Waals surface area contributed by atoms with Gasteiger partial charge >= 0.3 is 17.9 Å². The molecule has 0 saturated carbocycles. The summed E-state index contributed by atoms with van der Waals surface area (Å²) in [6, 6.07) is 0. The van der Waals surface area contributed by atoms with Crippen LogP contribution in [0.2, 0.25) is 0 Å². The van der Waals surface area contributed by atoms with Gasteiger partial charge in [0.15, 0.2) is 0 Å². The van der Waals surface area contributed by atoms with Crippen LogP contribution in [0.5, 0.6) is 0 Å². The quantitative estimate of drug-likeness (QED) is 0.226. The molecule has 0 unspecified atom stereocenters. The van der Waals surface area contributed by atoms with E-state index in [9.17, 15) is 14.4 Å². The van der Waals surface area contributed by atoms with Crippen LogP contribution in [-0.2, 0) is 28.6 Å². The predicted molar refractivity (Wildman–Crippen MR) is 84.3 cm³/mol. The summed E-state index contributed by atoms with van der Waals surface area (Å²) in [6.45, 7) is 11.9. The van der Waals surface area contributed by atoms with Crippen LogP contribution in [0, 0.1) is 0 Å². The fraction of sp³-hybridized carbons (Fsp3) is 0.438. The Kier molecular flexibility index (Phi) is 10.0. The number of rotatable bonds is 12. The first kappa shape index (κ1) is 20.6. The third-order valence-corrected chi connectivity index (χ3v) is 3.13. The highest BCUT2D eigenvalue weighted by Crippen LogP contribution is 2.03. The third-order valence-electron chi connectivity index (χ3n) is 3.13. The topological polar surface area (TPSA) is 78.9 Å². The fourth-order valence-electron chi connectivity index (χ4n) is 1.61. The molecule has 0 aliphatic carbocycles. The lowest BCUT2D eigenvalue weighted by atomic mass is 10.3. The molecular weight excluding hydrogens is 302 g/mol. The van der Waals surface area contributed by atoms with Crippen molar-refractivity contribution in [2.75, 3.05) is 46.5 Å². The molecule has 23 heavy (non-hydrogen) atoms. The fourth-order valence-corrected chi connectivity index (χ4v) is 1.61. The molecule has 0 saturated heterocycles. The van der Waals surface area contributed by atoms with E-state index in [1.807, 2.05) is 7.05 Å². The Labute approximate surface area is 136 Å². The summed E-state index contributed by atoms with van der Waals surface area (Å²) in [5.41, 5.74) is 0. The third kappa shape index (κ3) is 10.0. The number of ether oxygens (including phenoxy) is 3. The highest BCUT2D eigenvalue weighted by atomic mass is 16.5. The van der Waals surface area contributed by atoms with Crippen LogP contribution < -0.4 is 0 Å². The van der Waals surface area contributed by atoms with Crippen molar-refractivity contribution in [2.24, 2.45) is 0 Å². The number of likely N-dealkylation sites (N-methyl/N-ethyl adjacent to an activating group) is 1. The maximum Gasteiger partial charge on any atom is 0.330 e. The van der Waals surface area contributed by atoms with E-state index in [-0.39, 0.29) is 19.8 Å². The van der Waals surface area contributed by atoms with Crippen molar-refractivity contribution >= 4 is 17.9 Å². The molecule has 0 aromatic rings. The van der Waals surface area contributed by atoms with Gasteiger partial charge in [-0.1, -0.05) is 19.7 Å². The first-order valence-electron chi connectivity index (χ1n) is 7.08. The van der Waals surface area contributed by atoms with E-state index in [1.165, 1.54) is 0 Å². The normalized spacial score (nSPS) is 10.3. The maximum absolute atomic E-state index is 11.1. The maximum atomic E-state index is 11.1. The van der Waals surface area contributed by atoms with E-state index in [2.05, 4.69) is 19.7 Å². The molecule has 0 N–H and O–H groups in total. The van der Waals surface area contributed by atoms with Crippen LogP contribution in [-0.4, -0.2) is 68.9 Å². The minimum atomic E-state index is -0.507. The first-order chi connectivity index (χ1) is 10.9. The average Bonchev–Trinajstić information content (AvgIpc) is 2.54. The molecule has 0 aliphatic rings. The van der Waals surface area contributed by atoms with Crippen molar-refractivity contribution < 1.29 is 33.1 Å². The molecular formula is C16H24NO6+. The zero-order chi connectivity index (χ0) is 17.7. The molecule has 0 aromatic carbocycles. The monoisotopic (exact) mass is 326 g/mol. The summed E-state index contributed by atoms with van der Waals surface area (Å²) in [5, 5.41) is 0. The molecule has 128 valence electrons. The van der Waals surface area contributed by atoms with Crippen LogP contribution in [0.4, 0.5) is 0 Å². The molecule has 0 bridgehead atoms. The molecule has 0 heterocycles. The Morgan fingerprint density at radius 2 is 1.00 bits per heavy atom. The Morgan fingerprint density at radius 1 is 0.739 bits per heavy atom. The second kappa shape index (κ2) is 11.2. The Bertz CT molecular complexity index is 393. The van der Waals surface area contributed by atoms with Gasteiger partial charge in [-0.3, -0.25) is 0 Å². The first-order valence-corrected chi connectivity index (χ1v) is 7.08. The van der Waals surface area contributed by atoms with Crippen molar-refractivity contribution in [1.82, 2.24) is 0 Å². The van der Waals surface area contributed by atoms with Gasteiger partial charge in [0.2, 0.25) is 0 Å². The molecule has 0 amide bonds. The zero-order valence-corrected chi connectivity index (χ0v) is 13.5. The number of hydrogen-bond donors (Lipinski definition) is 0. The van der Waals surface area contributed by atoms with Crippen LogP contribution in [0.1, 0.15) is 0 Å². The van der Waals surface area contributed by atoms with Gasteiger partial charge in [-0.25, -0.2) is 14.4 Å². The van der Waals surface area contributed by atoms with E-state index < -0.39 is 17.9 Å². The van der Waals surface area contributed by atoms with E-state index >= 15 is 0 Å². The number of esters is 3. The number of carbonyl (C=O) groups is 3. The second-order valence-electron chi connectivity index (χ2n) is 4.91. The largest absolute Gasteiger partial charge is 0.457 e. The molecule has 0 rings (SSSR count). The lowest BCUT2D eigenvalue weighted by Crippen LogP contribution is -2.50. The van der Waals surface area contributed by atoms with Crippen molar-refractivity contribution in [3.63, 3.8) is 0 Å². The molecule has 7 nitrogen and oxygen atoms in total. The smallest absolute Gasteiger partial charge is 0.330 e. The Hall–Kier alpha value is -2.41. The van der Waals surface area contributed by atoms with Crippen LogP contribution >= 0.6 is 0 Å². The molecule has 7 heteroatoms. The van der Waals surface area contributed by atoms with Crippen molar-refractivity contribution in [3.8, 4) is 0 Å². The van der Waals surface area contributed by atoms with E-state index in [0.717, 1.165) is 18.2 Å². The van der Waals surface area contributed by atoms with E-state index in [1.54, 1.807) is 0 Å². The van der Waals surface area contributed by atoms with Crippen LogP contribution in [0.15, 0.2) is 38.0 Å². The van der Waals surface area contributed by atoms with Crippen molar-refractivity contribution in [3.05, 3.63) is 38.0 Å². The lowest BCUT2D eigenvalue weighted by molar-refractivity contribution is -0.910.